The second kappa shape index (κ2) is 20.6. The molecule has 1 aliphatic heterocycles. The Bertz CT molecular complexity index is 1190. The number of carbonyl (C=O) groups is 5. The standard InChI is InChI=1S/C9H11NO2.C7H11NO5.C6H5NO3.C5H9NO2/c1-7(9(11)12)10-8-5-3-2-4-6-8;1-4(7(12)13)8-5(9)2-3-6(10)11;8-6-3-1-5(2-4-6)7(9)10;7-5(8)4-2-1-3-6-4/h2-7,10H,1H3,(H,11,12);4H,2-3H2,1H3,(H,8,9)(H,10,11)(H,12,13);1-4,8H;4,6H,1-3H2,(H,7,8)/t7-;4-;;4-/m00.0/s1. The molecule has 0 saturated carbocycles. The summed E-state index contributed by atoms with van der Waals surface area (Å²) < 4.78 is 0. The Labute approximate surface area is 246 Å². The van der Waals surface area contributed by atoms with E-state index in [0.717, 1.165) is 25.1 Å². The molecule has 8 N–H and O–H groups in total. The fourth-order valence-electron chi connectivity index (χ4n) is 2.91. The lowest BCUT2D eigenvalue weighted by molar-refractivity contribution is -0.384. The summed E-state index contributed by atoms with van der Waals surface area (Å²) in [6.45, 7) is 3.77. The Hall–Kier alpha value is -5.25. The maximum atomic E-state index is 10.8. The van der Waals surface area contributed by atoms with Crippen LogP contribution in [0.4, 0.5) is 11.4 Å². The van der Waals surface area contributed by atoms with Gasteiger partial charge in [0, 0.05) is 24.2 Å². The smallest absolute Gasteiger partial charge is 0.325 e. The number of nitro benzene ring substituents is 1. The number of amides is 1. The van der Waals surface area contributed by atoms with Crippen LogP contribution < -0.4 is 16.0 Å². The largest absolute Gasteiger partial charge is 0.508 e. The highest BCUT2D eigenvalue weighted by Gasteiger charge is 2.20. The Balaban J connectivity index is 0.000000554. The zero-order chi connectivity index (χ0) is 32.9. The number of hydrogen-bond donors (Lipinski definition) is 8. The van der Waals surface area contributed by atoms with Crippen molar-refractivity contribution in [1.82, 2.24) is 10.6 Å². The van der Waals surface area contributed by atoms with Crippen molar-refractivity contribution in [3.63, 3.8) is 0 Å². The first-order valence-electron chi connectivity index (χ1n) is 12.8. The van der Waals surface area contributed by atoms with Gasteiger partial charge in [-0.2, -0.15) is 0 Å². The topological polar surface area (TPSA) is 266 Å². The first-order valence-corrected chi connectivity index (χ1v) is 12.8. The summed E-state index contributed by atoms with van der Waals surface area (Å²) in [6, 6.07) is 12.5. The van der Waals surface area contributed by atoms with E-state index < -0.39 is 46.8 Å². The van der Waals surface area contributed by atoms with Crippen molar-refractivity contribution in [2.45, 2.75) is 57.7 Å². The molecule has 0 bridgehead atoms. The molecule has 0 radical (unpaired) electrons. The fraction of sp³-hybridized carbons (Fsp3) is 0.370. The highest BCUT2D eigenvalue weighted by atomic mass is 16.6. The van der Waals surface area contributed by atoms with E-state index >= 15 is 0 Å². The Morgan fingerprint density at radius 2 is 1.47 bits per heavy atom. The number of carboxylic acid groups (broad SMARTS) is 4. The number of hydrogen-bond acceptors (Lipinski definition) is 10. The number of benzene rings is 2. The van der Waals surface area contributed by atoms with Crippen molar-refractivity contribution in [2.24, 2.45) is 0 Å². The normalized spacial score (nSPS) is 14.3. The van der Waals surface area contributed by atoms with E-state index in [9.17, 15) is 34.1 Å². The lowest BCUT2D eigenvalue weighted by Gasteiger charge is -2.09. The number of para-hydroxylation sites is 1. The van der Waals surface area contributed by atoms with Crippen LogP contribution in [0.1, 0.15) is 39.5 Å². The number of nitrogens with zero attached hydrogens (tertiary/aromatic N) is 1. The van der Waals surface area contributed by atoms with E-state index in [2.05, 4.69) is 16.0 Å². The van der Waals surface area contributed by atoms with Crippen molar-refractivity contribution < 1.29 is 54.4 Å². The number of rotatable bonds is 10. The molecule has 0 aliphatic carbocycles. The van der Waals surface area contributed by atoms with Crippen LogP contribution in [-0.4, -0.2) is 84.9 Å². The number of aromatic hydroxyl groups is 1. The number of nitrogens with one attached hydrogen (secondary N) is 3. The molecule has 2 aromatic rings. The summed E-state index contributed by atoms with van der Waals surface area (Å²) in [5.74, 6) is -4.34. The molecule has 3 rings (SSSR count). The van der Waals surface area contributed by atoms with Gasteiger partial charge in [0.15, 0.2) is 0 Å². The fourth-order valence-corrected chi connectivity index (χ4v) is 2.91. The minimum absolute atomic E-state index is 0.0159. The highest BCUT2D eigenvalue weighted by Crippen LogP contribution is 2.15. The van der Waals surface area contributed by atoms with Gasteiger partial charge in [0.05, 0.1) is 11.3 Å². The zero-order valence-electron chi connectivity index (χ0n) is 23.5. The van der Waals surface area contributed by atoms with Crippen molar-refractivity contribution >= 4 is 41.2 Å². The predicted octanol–water partition coefficient (Wildman–Crippen LogP) is 2.14. The molecule has 236 valence electrons. The van der Waals surface area contributed by atoms with Crippen molar-refractivity contribution in [3.8, 4) is 5.75 Å². The number of non-ortho nitro benzene ring substituents is 1. The number of phenols is 1. The maximum Gasteiger partial charge on any atom is 0.325 e. The molecule has 0 aromatic heterocycles. The number of carboxylic acids is 4. The van der Waals surface area contributed by atoms with Gasteiger partial charge in [-0.25, -0.2) is 0 Å². The summed E-state index contributed by atoms with van der Waals surface area (Å²) in [5.41, 5.74) is 0.810. The molecule has 1 aliphatic rings. The molecule has 16 heteroatoms. The Morgan fingerprint density at radius 3 is 1.86 bits per heavy atom. The molecular formula is C27H36N4O12. The first-order chi connectivity index (χ1) is 20.1. The summed E-state index contributed by atoms with van der Waals surface area (Å²) in [6.07, 6.45) is 1.29. The first kappa shape index (κ1) is 37.8. The predicted molar refractivity (Wildman–Crippen MR) is 153 cm³/mol. The van der Waals surface area contributed by atoms with Crippen molar-refractivity contribution in [2.75, 3.05) is 11.9 Å². The third-order valence-corrected chi connectivity index (χ3v) is 5.26. The molecule has 43 heavy (non-hydrogen) atoms. The molecule has 16 nitrogen and oxygen atoms in total. The van der Waals surface area contributed by atoms with Crippen LogP contribution in [0.15, 0.2) is 54.6 Å². The number of phenolic OH excluding ortho intramolecular Hbond substituents is 1. The molecule has 1 heterocycles. The lowest BCUT2D eigenvalue weighted by atomic mass is 10.2. The molecule has 0 unspecified atom stereocenters. The molecule has 1 amide bonds. The molecular weight excluding hydrogens is 572 g/mol. The average Bonchev–Trinajstić information content (AvgIpc) is 3.49. The number of anilines is 1. The molecule has 2 aromatic carbocycles. The molecule has 1 saturated heterocycles. The Morgan fingerprint density at radius 1 is 0.907 bits per heavy atom. The number of carbonyl (C=O) groups excluding carboxylic acids is 1. The summed E-state index contributed by atoms with van der Waals surface area (Å²) >= 11 is 0. The van der Waals surface area contributed by atoms with E-state index in [0.29, 0.717) is 0 Å². The van der Waals surface area contributed by atoms with Crippen molar-refractivity contribution in [3.05, 3.63) is 64.7 Å². The van der Waals surface area contributed by atoms with Crippen LogP contribution >= 0.6 is 0 Å². The van der Waals surface area contributed by atoms with Gasteiger partial charge in [0.1, 0.15) is 23.9 Å². The van der Waals surface area contributed by atoms with Crippen LogP contribution in [0.2, 0.25) is 0 Å². The lowest BCUT2D eigenvalue weighted by Crippen LogP contribution is -2.38. The SMILES string of the molecule is C[C@H](NC(=O)CCC(=O)O)C(=O)O.C[C@H](Nc1ccccc1)C(=O)O.O=C(O)[C@@H]1CCCN1.O=[N+]([O-])c1ccc(O)cc1. The van der Waals surface area contributed by atoms with E-state index in [-0.39, 0.29) is 30.3 Å². The van der Waals surface area contributed by atoms with Gasteiger partial charge in [0.2, 0.25) is 5.91 Å². The van der Waals surface area contributed by atoms with E-state index in [1.54, 1.807) is 6.92 Å². The molecule has 1 fully saturated rings. The van der Waals surface area contributed by atoms with E-state index in [1.807, 2.05) is 30.3 Å². The molecule has 3 atom stereocenters. The third kappa shape index (κ3) is 18.7. The van der Waals surface area contributed by atoms with Crippen LogP contribution in [0, 0.1) is 10.1 Å². The van der Waals surface area contributed by atoms with Crippen LogP contribution in [0.5, 0.6) is 5.75 Å². The minimum Gasteiger partial charge on any atom is -0.508 e. The minimum atomic E-state index is -1.15. The van der Waals surface area contributed by atoms with Gasteiger partial charge in [0.25, 0.3) is 5.69 Å². The van der Waals surface area contributed by atoms with Gasteiger partial charge < -0.3 is 41.5 Å². The van der Waals surface area contributed by atoms with Gasteiger partial charge in [-0.15, -0.1) is 0 Å². The highest BCUT2D eigenvalue weighted by molar-refractivity contribution is 5.85. The number of aliphatic carboxylic acids is 4. The average molecular weight is 609 g/mol. The van der Waals surface area contributed by atoms with Crippen LogP contribution in [0.25, 0.3) is 0 Å². The monoisotopic (exact) mass is 608 g/mol. The second-order valence-electron chi connectivity index (χ2n) is 8.85. The van der Waals surface area contributed by atoms with Gasteiger partial charge in [-0.05, 0) is 57.5 Å². The van der Waals surface area contributed by atoms with Gasteiger partial charge in [-0.1, -0.05) is 18.2 Å². The number of nitro groups is 1. The van der Waals surface area contributed by atoms with Gasteiger partial charge in [-0.3, -0.25) is 34.1 Å². The molecule has 0 spiro atoms. The second-order valence-corrected chi connectivity index (χ2v) is 8.85. The summed E-state index contributed by atoms with van der Waals surface area (Å²) in [4.78, 5) is 61.2. The third-order valence-electron chi connectivity index (χ3n) is 5.26. The van der Waals surface area contributed by atoms with Gasteiger partial charge >= 0.3 is 23.9 Å². The van der Waals surface area contributed by atoms with E-state index in [1.165, 1.54) is 31.2 Å². The summed E-state index contributed by atoms with van der Waals surface area (Å²) in [7, 11) is 0. The van der Waals surface area contributed by atoms with Crippen molar-refractivity contribution in [1.29, 1.82) is 0 Å². The van der Waals surface area contributed by atoms with E-state index in [4.69, 9.17) is 25.5 Å². The zero-order valence-corrected chi connectivity index (χ0v) is 23.5. The van der Waals surface area contributed by atoms with Crippen LogP contribution in [-0.2, 0) is 24.0 Å². The van der Waals surface area contributed by atoms with Crippen LogP contribution in [0.3, 0.4) is 0 Å². The summed E-state index contributed by atoms with van der Waals surface area (Å²) in [5, 5.41) is 60.1. The maximum absolute atomic E-state index is 10.8. The quantitative estimate of drug-likeness (QED) is 0.142. The Kier molecular flexibility index (Phi) is 18.1.